The van der Waals surface area contributed by atoms with Gasteiger partial charge in [0.25, 0.3) is 0 Å². The molecule has 1 aromatic carbocycles. The van der Waals surface area contributed by atoms with Crippen LogP contribution in [-0.4, -0.2) is 42.9 Å². The monoisotopic (exact) mass is 372 g/mol. The van der Waals surface area contributed by atoms with Gasteiger partial charge < -0.3 is 14.5 Å². The molecule has 1 saturated heterocycles. The van der Waals surface area contributed by atoms with Crippen LogP contribution in [0.25, 0.3) is 0 Å². The van der Waals surface area contributed by atoms with E-state index in [2.05, 4.69) is 20.1 Å². The molecular formula is C20H25FN4O2. The maximum Gasteiger partial charge on any atom is 0.412 e. The first-order valence-corrected chi connectivity index (χ1v) is 9.02. The molecule has 0 spiro atoms. The van der Waals surface area contributed by atoms with Gasteiger partial charge in [-0.25, -0.2) is 14.2 Å². The van der Waals surface area contributed by atoms with E-state index in [1.165, 1.54) is 12.1 Å². The van der Waals surface area contributed by atoms with Crippen LogP contribution in [0.5, 0.6) is 0 Å². The highest BCUT2D eigenvalue weighted by atomic mass is 19.1. The van der Waals surface area contributed by atoms with Crippen LogP contribution in [0.4, 0.5) is 26.4 Å². The van der Waals surface area contributed by atoms with Gasteiger partial charge in [-0.15, -0.1) is 0 Å². The summed E-state index contributed by atoms with van der Waals surface area (Å²) in [4.78, 5) is 20.7. The molecule has 6 nitrogen and oxygen atoms in total. The van der Waals surface area contributed by atoms with E-state index < -0.39 is 11.7 Å². The number of halogens is 1. The van der Waals surface area contributed by atoms with E-state index in [0.717, 1.165) is 37.7 Å². The van der Waals surface area contributed by atoms with Gasteiger partial charge in [0.15, 0.2) is 0 Å². The molecule has 1 aromatic heterocycles. The lowest BCUT2D eigenvalue weighted by atomic mass is 10.2. The maximum absolute atomic E-state index is 13.1. The van der Waals surface area contributed by atoms with Gasteiger partial charge in [-0.05, 0) is 57.2 Å². The Balaban J connectivity index is 1.54. The molecule has 27 heavy (non-hydrogen) atoms. The number of piperazine rings is 1. The lowest BCUT2D eigenvalue weighted by molar-refractivity contribution is 0.0636. The van der Waals surface area contributed by atoms with Crippen molar-refractivity contribution in [2.75, 3.05) is 41.3 Å². The molecule has 0 atom stereocenters. The molecule has 0 unspecified atom stereocenters. The smallest absolute Gasteiger partial charge is 0.412 e. The average Bonchev–Trinajstić information content (AvgIpc) is 2.62. The summed E-state index contributed by atoms with van der Waals surface area (Å²) in [6.07, 6.45) is 1.14. The summed E-state index contributed by atoms with van der Waals surface area (Å²) in [5, 5.41) is 2.68. The van der Waals surface area contributed by atoms with Crippen molar-refractivity contribution in [2.45, 2.75) is 26.4 Å². The van der Waals surface area contributed by atoms with Gasteiger partial charge in [0.05, 0.1) is 11.9 Å². The fourth-order valence-corrected chi connectivity index (χ4v) is 2.91. The summed E-state index contributed by atoms with van der Waals surface area (Å²) in [6.45, 7) is 8.78. The highest BCUT2D eigenvalue weighted by Crippen LogP contribution is 2.21. The summed E-state index contributed by atoms with van der Waals surface area (Å²) in [5.74, 6) is 0.644. The van der Waals surface area contributed by atoms with Crippen molar-refractivity contribution in [1.29, 1.82) is 0 Å². The van der Waals surface area contributed by atoms with Gasteiger partial charge >= 0.3 is 6.09 Å². The van der Waals surface area contributed by atoms with E-state index in [4.69, 9.17) is 4.74 Å². The Morgan fingerprint density at radius 2 is 1.67 bits per heavy atom. The number of nitrogens with one attached hydrogen (secondary N) is 1. The zero-order chi connectivity index (χ0) is 19.4. The number of hydrogen-bond acceptors (Lipinski definition) is 5. The van der Waals surface area contributed by atoms with Crippen LogP contribution < -0.4 is 15.1 Å². The zero-order valence-corrected chi connectivity index (χ0v) is 15.9. The molecule has 2 aromatic rings. The fraction of sp³-hybridized carbons (Fsp3) is 0.400. The summed E-state index contributed by atoms with van der Waals surface area (Å²) < 4.78 is 18.3. The van der Waals surface area contributed by atoms with Gasteiger partial charge in [0.1, 0.15) is 17.2 Å². The predicted molar refractivity (Wildman–Crippen MR) is 105 cm³/mol. The van der Waals surface area contributed by atoms with Crippen molar-refractivity contribution in [3.63, 3.8) is 0 Å². The van der Waals surface area contributed by atoms with Gasteiger partial charge in [0, 0.05) is 31.9 Å². The van der Waals surface area contributed by atoms with Crippen LogP contribution in [0.3, 0.4) is 0 Å². The van der Waals surface area contributed by atoms with E-state index in [-0.39, 0.29) is 5.82 Å². The minimum Gasteiger partial charge on any atom is -0.444 e. The Bertz CT molecular complexity index is 764. The number of carbonyl (C=O) groups excluding carboxylic acids is 1. The number of pyridine rings is 1. The number of benzene rings is 1. The van der Waals surface area contributed by atoms with Crippen molar-refractivity contribution < 1.29 is 13.9 Å². The second-order valence-corrected chi connectivity index (χ2v) is 7.48. The Labute approximate surface area is 158 Å². The van der Waals surface area contributed by atoms with Gasteiger partial charge in [0.2, 0.25) is 0 Å². The Kier molecular flexibility index (Phi) is 5.48. The number of anilines is 3. The fourth-order valence-electron chi connectivity index (χ4n) is 2.91. The predicted octanol–water partition coefficient (Wildman–Crippen LogP) is 3.89. The topological polar surface area (TPSA) is 57.7 Å². The number of carbonyl (C=O) groups is 1. The normalized spacial score (nSPS) is 14.8. The molecular weight excluding hydrogens is 347 g/mol. The van der Waals surface area contributed by atoms with Crippen LogP contribution in [0, 0.1) is 5.82 Å². The van der Waals surface area contributed by atoms with E-state index in [9.17, 15) is 9.18 Å². The number of rotatable bonds is 3. The third kappa shape index (κ3) is 5.32. The van der Waals surface area contributed by atoms with Gasteiger partial charge in [-0.2, -0.15) is 0 Å². The number of ether oxygens (including phenoxy) is 1. The minimum atomic E-state index is -0.540. The Hall–Kier alpha value is -2.83. The van der Waals surface area contributed by atoms with Crippen molar-refractivity contribution in [1.82, 2.24) is 4.98 Å². The third-order valence-corrected chi connectivity index (χ3v) is 4.19. The molecule has 7 heteroatoms. The molecule has 3 rings (SSSR count). The zero-order valence-electron chi connectivity index (χ0n) is 15.9. The highest BCUT2D eigenvalue weighted by Gasteiger charge is 2.19. The molecule has 0 bridgehead atoms. The molecule has 1 N–H and O–H groups in total. The molecule has 0 radical (unpaired) electrons. The first kappa shape index (κ1) is 18.9. The molecule has 1 fully saturated rings. The maximum atomic E-state index is 13.1. The molecule has 144 valence electrons. The van der Waals surface area contributed by atoms with E-state index in [0.29, 0.717) is 5.69 Å². The van der Waals surface area contributed by atoms with Crippen molar-refractivity contribution in [3.05, 3.63) is 48.4 Å². The standard InChI is InChI=1S/C20H25FN4O2/c1-20(2,3)27-19(26)23-16-6-9-18(22-14-16)25-12-10-24(11-13-25)17-7-4-15(21)5-8-17/h4-9,14H,10-13H2,1-3H3,(H,23,26). The second kappa shape index (κ2) is 7.82. The van der Waals surface area contributed by atoms with Crippen LogP contribution in [-0.2, 0) is 4.74 Å². The third-order valence-electron chi connectivity index (χ3n) is 4.19. The first-order valence-electron chi connectivity index (χ1n) is 9.02. The van der Waals surface area contributed by atoms with Crippen molar-refractivity contribution in [3.8, 4) is 0 Å². The van der Waals surface area contributed by atoms with Crippen LogP contribution in [0.1, 0.15) is 20.8 Å². The summed E-state index contributed by atoms with van der Waals surface area (Å²) in [7, 11) is 0. The van der Waals surface area contributed by atoms with Gasteiger partial charge in [-0.3, -0.25) is 5.32 Å². The molecule has 1 aliphatic rings. The van der Waals surface area contributed by atoms with E-state index in [1.54, 1.807) is 18.3 Å². The average molecular weight is 372 g/mol. The highest BCUT2D eigenvalue weighted by molar-refractivity contribution is 5.84. The minimum absolute atomic E-state index is 0.221. The van der Waals surface area contributed by atoms with Crippen molar-refractivity contribution >= 4 is 23.3 Å². The lowest BCUT2D eigenvalue weighted by Crippen LogP contribution is -2.46. The molecule has 0 saturated carbocycles. The SMILES string of the molecule is CC(C)(C)OC(=O)Nc1ccc(N2CCN(c3ccc(F)cc3)CC2)nc1. The lowest BCUT2D eigenvalue weighted by Gasteiger charge is -2.36. The molecule has 1 amide bonds. The number of nitrogens with zero attached hydrogens (tertiary/aromatic N) is 3. The summed E-state index contributed by atoms with van der Waals surface area (Å²) in [6, 6.07) is 10.3. The number of amides is 1. The number of hydrogen-bond donors (Lipinski definition) is 1. The van der Waals surface area contributed by atoms with Gasteiger partial charge in [-0.1, -0.05) is 0 Å². The summed E-state index contributed by atoms with van der Waals surface area (Å²) >= 11 is 0. The largest absolute Gasteiger partial charge is 0.444 e. The first-order chi connectivity index (χ1) is 12.8. The summed E-state index contributed by atoms with van der Waals surface area (Å²) in [5.41, 5.74) is 1.08. The quantitative estimate of drug-likeness (QED) is 0.886. The van der Waals surface area contributed by atoms with E-state index in [1.807, 2.05) is 32.9 Å². The Morgan fingerprint density at radius 1 is 1.04 bits per heavy atom. The molecule has 1 aliphatic heterocycles. The number of aromatic nitrogens is 1. The molecule has 2 heterocycles. The van der Waals surface area contributed by atoms with Crippen LogP contribution in [0.2, 0.25) is 0 Å². The second-order valence-electron chi connectivity index (χ2n) is 7.48. The van der Waals surface area contributed by atoms with Crippen LogP contribution in [0.15, 0.2) is 42.6 Å². The van der Waals surface area contributed by atoms with Crippen LogP contribution >= 0.6 is 0 Å². The molecule has 0 aliphatic carbocycles. The van der Waals surface area contributed by atoms with Crippen molar-refractivity contribution in [2.24, 2.45) is 0 Å². The Morgan fingerprint density at radius 3 is 2.22 bits per heavy atom. The van der Waals surface area contributed by atoms with E-state index >= 15 is 0 Å².